The highest BCUT2D eigenvalue weighted by Gasteiger charge is 2.44. The van der Waals surface area contributed by atoms with Gasteiger partial charge in [-0.3, -0.25) is 0 Å². The van der Waals surface area contributed by atoms with Gasteiger partial charge in [-0.05, 0) is 78.1 Å². The molecule has 0 unspecified atom stereocenters. The van der Waals surface area contributed by atoms with Gasteiger partial charge in [-0.1, -0.05) is 58.3 Å². The third-order valence-corrected chi connectivity index (χ3v) is 22.6. The van der Waals surface area contributed by atoms with Crippen molar-refractivity contribution in [1.29, 1.82) is 0 Å². The van der Waals surface area contributed by atoms with Crippen molar-refractivity contribution < 1.29 is 16.5 Å². The summed E-state index contributed by atoms with van der Waals surface area (Å²) < 4.78 is 26.3. The fourth-order valence-corrected chi connectivity index (χ4v) is 28.1. The van der Waals surface area contributed by atoms with Crippen LogP contribution in [0.3, 0.4) is 0 Å². The van der Waals surface area contributed by atoms with Crippen LogP contribution in [-0.2, 0) is 16.5 Å². The molecule has 1 radical (unpaired) electrons. The summed E-state index contributed by atoms with van der Waals surface area (Å²) >= 11 is 0. The van der Waals surface area contributed by atoms with Gasteiger partial charge >= 0.3 is 25.7 Å². The maximum atomic E-state index is 6.72. The predicted octanol–water partition coefficient (Wildman–Crippen LogP) is 8.15. The molecule has 0 N–H and O–H groups in total. The Morgan fingerprint density at radius 2 is 0.833 bits per heavy atom. The monoisotopic (exact) mass is 509 g/mol. The summed E-state index contributed by atoms with van der Waals surface area (Å²) in [5, 5.41) is 0. The van der Waals surface area contributed by atoms with Crippen molar-refractivity contribution in [1.82, 2.24) is 0 Å². The van der Waals surface area contributed by atoms with Gasteiger partial charge < -0.3 is 16.5 Å². The zero-order valence-electron chi connectivity index (χ0n) is 22.2. The molecule has 0 aliphatic heterocycles. The molecule has 0 saturated carbocycles. The summed E-state index contributed by atoms with van der Waals surface area (Å²) in [4.78, 5) is 0. The van der Waals surface area contributed by atoms with Crippen LogP contribution in [0.4, 0.5) is 0 Å². The third-order valence-electron chi connectivity index (χ3n) is 4.59. The molecule has 0 aromatic rings. The average molecular weight is 510 g/mol. The Labute approximate surface area is 194 Å². The third kappa shape index (κ3) is 17.5. The zero-order valence-corrected chi connectivity index (χ0v) is 27.2. The first-order valence-corrected chi connectivity index (χ1v) is 27.0. The van der Waals surface area contributed by atoms with Gasteiger partial charge in [0.1, 0.15) is 0 Å². The maximum Gasteiger partial charge on any atom is 0.314 e. The number of hydrogen-bond donors (Lipinski definition) is 0. The number of hydrogen-bond acceptors (Lipinski definition) is 4. The van der Waals surface area contributed by atoms with Gasteiger partial charge in [-0.15, -0.1) is 0 Å². The Kier molecular flexibility index (Phi) is 13.4. The van der Waals surface area contributed by atoms with Gasteiger partial charge in [0.25, 0.3) is 0 Å². The van der Waals surface area contributed by atoms with E-state index in [2.05, 4.69) is 78.9 Å². The SMILES string of the molecule is [CH2]CCCCCCCCC[Si](C)(C)O[Si](C)(C)O[Si](C)(C)O[Si](C)(C)O[Si](C)(C)C. The summed E-state index contributed by atoms with van der Waals surface area (Å²) in [6.07, 6.45) is 10.4. The molecule has 0 fully saturated rings. The molecule has 0 spiro atoms. The van der Waals surface area contributed by atoms with E-state index in [4.69, 9.17) is 16.5 Å². The summed E-state index contributed by atoms with van der Waals surface area (Å²) in [5.74, 6) is 0. The molecule has 0 aromatic carbocycles. The summed E-state index contributed by atoms with van der Waals surface area (Å²) in [5.41, 5.74) is 0. The van der Waals surface area contributed by atoms with E-state index in [1.165, 1.54) is 51.0 Å². The number of unbranched alkanes of at least 4 members (excludes halogenated alkanes) is 7. The van der Waals surface area contributed by atoms with Crippen LogP contribution in [0.1, 0.15) is 51.4 Å². The van der Waals surface area contributed by atoms with E-state index < -0.39 is 42.3 Å². The Balaban J connectivity index is 4.51. The standard InChI is InChI=1S/C21H53O4Si5/c1-13-14-15-16-17-18-19-20-21-27(5,6)23-29(9,10)25-30(11,12)24-28(7,8)22-26(2,3)4/h1,13-21H2,2-12H3. The predicted molar refractivity (Wildman–Crippen MR) is 145 cm³/mol. The highest BCUT2D eigenvalue weighted by Crippen LogP contribution is 2.27. The minimum atomic E-state index is -2.32. The molecule has 0 rings (SSSR count). The first-order chi connectivity index (χ1) is 13.4. The minimum absolute atomic E-state index is 1.08. The van der Waals surface area contributed by atoms with E-state index >= 15 is 0 Å². The number of rotatable bonds is 17. The second-order valence-electron chi connectivity index (χ2n) is 11.6. The van der Waals surface area contributed by atoms with E-state index in [1.807, 2.05) is 0 Å². The van der Waals surface area contributed by atoms with Crippen LogP contribution in [-0.4, -0.2) is 42.3 Å². The van der Waals surface area contributed by atoms with E-state index in [1.54, 1.807) is 0 Å². The van der Waals surface area contributed by atoms with Gasteiger partial charge in [0.15, 0.2) is 16.6 Å². The lowest BCUT2D eigenvalue weighted by atomic mass is 10.1. The van der Waals surface area contributed by atoms with Gasteiger partial charge in [-0.25, -0.2) is 0 Å². The lowest BCUT2D eigenvalue weighted by Gasteiger charge is -2.42. The van der Waals surface area contributed by atoms with E-state index in [0.717, 1.165) is 6.42 Å². The fourth-order valence-electron chi connectivity index (χ4n) is 4.31. The summed E-state index contributed by atoms with van der Waals surface area (Å²) in [6, 6.07) is 1.22. The Hall–Kier alpha value is 0.924. The van der Waals surface area contributed by atoms with Crippen LogP contribution in [0.25, 0.3) is 0 Å². The molecule has 0 aromatic heterocycles. The maximum absolute atomic E-state index is 6.72. The molecular formula is C21H53O4Si5. The highest BCUT2D eigenvalue weighted by atomic mass is 28.5. The normalized spacial score (nSPS) is 14.4. The average Bonchev–Trinajstić information content (AvgIpc) is 2.43. The lowest BCUT2D eigenvalue weighted by molar-refractivity contribution is 0.299. The molecule has 0 saturated heterocycles. The molecule has 9 heteroatoms. The van der Waals surface area contributed by atoms with Gasteiger partial charge in [0, 0.05) is 0 Å². The van der Waals surface area contributed by atoms with Crippen molar-refractivity contribution >= 4 is 42.3 Å². The summed E-state index contributed by atoms with van der Waals surface area (Å²) in [7, 11) is -10.1. The molecule has 181 valence electrons. The zero-order chi connectivity index (χ0) is 23.7. The molecule has 4 nitrogen and oxygen atoms in total. The van der Waals surface area contributed by atoms with E-state index in [-0.39, 0.29) is 0 Å². The molecule has 0 bridgehead atoms. The second kappa shape index (κ2) is 13.0. The van der Waals surface area contributed by atoms with Gasteiger partial charge in [0.2, 0.25) is 0 Å². The molecule has 0 aliphatic rings. The second-order valence-corrected chi connectivity index (χ2v) is 31.5. The van der Waals surface area contributed by atoms with Crippen LogP contribution in [0.2, 0.25) is 78.1 Å². The van der Waals surface area contributed by atoms with Crippen LogP contribution < -0.4 is 0 Å². The summed E-state index contributed by atoms with van der Waals surface area (Å²) in [6.45, 7) is 28.3. The minimum Gasteiger partial charge on any atom is -0.437 e. The van der Waals surface area contributed by atoms with Gasteiger partial charge in [0.05, 0.1) is 0 Å². The fraction of sp³-hybridized carbons (Fsp3) is 0.952. The highest BCUT2D eigenvalue weighted by molar-refractivity contribution is 6.90. The lowest BCUT2D eigenvalue weighted by Crippen LogP contribution is -2.58. The van der Waals surface area contributed by atoms with Crippen molar-refractivity contribution in [2.45, 2.75) is 129 Å². The molecule has 0 atom stereocenters. The first-order valence-electron chi connectivity index (χ1n) is 12.0. The molecule has 0 aliphatic carbocycles. The van der Waals surface area contributed by atoms with Gasteiger partial charge in [-0.2, -0.15) is 0 Å². The Bertz CT molecular complexity index is 477. The van der Waals surface area contributed by atoms with Crippen molar-refractivity contribution in [3.8, 4) is 0 Å². The van der Waals surface area contributed by atoms with Crippen LogP contribution in [0.5, 0.6) is 0 Å². The van der Waals surface area contributed by atoms with Crippen LogP contribution >= 0.6 is 0 Å². The Morgan fingerprint density at radius 3 is 1.27 bits per heavy atom. The molecule has 0 amide bonds. The van der Waals surface area contributed by atoms with Crippen molar-refractivity contribution in [3.05, 3.63) is 6.92 Å². The van der Waals surface area contributed by atoms with E-state index in [9.17, 15) is 0 Å². The quantitative estimate of drug-likeness (QED) is 0.146. The van der Waals surface area contributed by atoms with Crippen LogP contribution in [0, 0.1) is 6.92 Å². The Morgan fingerprint density at radius 1 is 0.467 bits per heavy atom. The van der Waals surface area contributed by atoms with Crippen LogP contribution in [0.15, 0.2) is 0 Å². The van der Waals surface area contributed by atoms with E-state index in [0.29, 0.717) is 0 Å². The molecule has 0 heterocycles. The van der Waals surface area contributed by atoms with Crippen molar-refractivity contribution in [2.24, 2.45) is 0 Å². The van der Waals surface area contributed by atoms with Crippen molar-refractivity contribution in [2.75, 3.05) is 0 Å². The first kappa shape index (κ1) is 30.9. The smallest absolute Gasteiger partial charge is 0.314 e. The largest absolute Gasteiger partial charge is 0.437 e. The van der Waals surface area contributed by atoms with Crippen molar-refractivity contribution in [3.63, 3.8) is 0 Å². The topological polar surface area (TPSA) is 36.9 Å². The molecule has 30 heavy (non-hydrogen) atoms. The molecular weight excluding hydrogens is 457 g/mol.